The van der Waals surface area contributed by atoms with Gasteiger partial charge in [0.25, 0.3) is 0 Å². The van der Waals surface area contributed by atoms with Crippen LogP contribution in [0.25, 0.3) is 0 Å². The summed E-state index contributed by atoms with van der Waals surface area (Å²) in [6, 6.07) is 6.23. The first-order valence-corrected chi connectivity index (χ1v) is 7.10. The number of thiophene rings is 1. The van der Waals surface area contributed by atoms with Gasteiger partial charge in [0.2, 0.25) is 0 Å². The minimum absolute atomic E-state index is 0.0845. The SMILES string of the molecule is COC(=O)c1ccc(Cl)c(NCc2csc([N+](=O)[O-])c2)c1. The van der Waals surface area contributed by atoms with Crippen LogP contribution in [0.2, 0.25) is 5.02 Å². The van der Waals surface area contributed by atoms with Crippen LogP contribution in [0.4, 0.5) is 10.7 Å². The molecule has 0 spiro atoms. The van der Waals surface area contributed by atoms with Crippen molar-refractivity contribution >= 4 is 39.6 Å². The summed E-state index contributed by atoms with van der Waals surface area (Å²) in [5.74, 6) is -0.458. The number of rotatable bonds is 5. The van der Waals surface area contributed by atoms with Gasteiger partial charge in [-0.25, -0.2) is 4.79 Å². The van der Waals surface area contributed by atoms with Crippen molar-refractivity contribution < 1.29 is 14.5 Å². The smallest absolute Gasteiger partial charge is 0.337 e. The number of anilines is 1. The van der Waals surface area contributed by atoms with E-state index in [0.29, 0.717) is 22.8 Å². The van der Waals surface area contributed by atoms with Gasteiger partial charge in [-0.1, -0.05) is 22.9 Å². The fraction of sp³-hybridized carbons (Fsp3) is 0.154. The quantitative estimate of drug-likeness (QED) is 0.514. The van der Waals surface area contributed by atoms with Crippen LogP contribution >= 0.6 is 22.9 Å². The van der Waals surface area contributed by atoms with Crippen LogP contribution in [0, 0.1) is 10.1 Å². The van der Waals surface area contributed by atoms with E-state index in [2.05, 4.69) is 10.1 Å². The van der Waals surface area contributed by atoms with Gasteiger partial charge in [0, 0.05) is 18.0 Å². The average molecular weight is 327 g/mol. The van der Waals surface area contributed by atoms with Crippen LogP contribution in [0.3, 0.4) is 0 Å². The summed E-state index contributed by atoms with van der Waals surface area (Å²) < 4.78 is 4.64. The normalized spacial score (nSPS) is 10.2. The van der Waals surface area contributed by atoms with Gasteiger partial charge in [-0.3, -0.25) is 10.1 Å². The number of hydrogen-bond donors (Lipinski definition) is 1. The van der Waals surface area contributed by atoms with E-state index in [0.717, 1.165) is 16.9 Å². The van der Waals surface area contributed by atoms with Crippen LogP contribution in [-0.2, 0) is 11.3 Å². The van der Waals surface area contributed by atoms with E-state index >= 15 is 0 Å². The van der Waals surface area contributed by atoms with Crippen molar-refractivity contribution in [3.8, 4) is 0 Å². The highest BCUT2D eigenvalue weighted by molar-refractivity contribution is 7.13. The molecule has 0 saturated carbocycles. The second-order valence-corrected chi connectivity index (χ2v) is 5.39. The van der Waals surface area contributed by atoms with Gasteiger partial charge in [-0.05, 0) is 23.8 Å². The van der Waals surface area contributed by atoms with Gasteiger partial charge in [-0.2, -0.15) is 0 Å². The molecule has 2 rings (SSSR count). The number of nitrogens with one attached hydrogen (secondary N) is 1. The van der Waals surface area contributed by atoms with Gasteiger partial charge >= 0.3 is 11.0 Å². The Hall–Kier alpha value is -2.12. The molecule has 1 aromatic heterocycles. The number of halogens is 1. The molecular weight excluding hydrogens is 316 g/mol. The molecule has 0 atom stereocenters. The predicted molar refractivity (Wildman–Crippen MR) is 81.1 cm³/mol. The summed E-state index contributed by atoms with van der Waals surface area (Å²) in [5, 5.41) is 15.9. The molecule has 6 nitrogen and oxygen atoms in total. The number of esters is 1. The van der Waals surface area contributed by atoms with Crippen molar-refractivity contribution in [3.05, 3.63) is 55.9 Å². The molecule has 0 amide bonds. The van der Waals surface area contributed by atoms with E-state index in [-0.39, 0.29) is 5.00 Å². The van der Waals surface area contributed by atoms with Gasteiger partial charge in [-0.15, -0.1) is 0 Å². The number of ether oxygens (including phenoxy) is 1. The lowest BCUT2D eigenvalue weighted by atomic mass is 10.2. The molecule has 110 valence electrons. The lowest BCUT2D eigenvalue weighted by Gasteiger charge is -2.09. The van der Waals surface area contributed by atoms with E-state index in [9.17, 15) is 14.9 Å². The molecule has 2 aromatic rings. The molecule has 1 aromatic carbocycles. The third kappa shape index (κ3) is 3.71. The van der Waals surface area contributed by atoms with Crippen LogP contribution in [0.15, 0.2) is 29.6 Å². The Balaban J connectivity index is 2.11. The third-order valence-corrected chi connectivity index (χ3v) is 3.95. The molecule has 8 heteroatoms. The molecule has 0 aliphatic rings. The van der Waals surface area contributed by atoms with Crippen LogP contribution < -0.4 is 5.32 Å². The first-order valence-electron chi connectivity index (χ1n) is 5.85. The first kappa shape index (κ1) is 15.3. The Morgan fingerprint density at radius 2 is 2.24 bits per heavy atom. The van der Waals surface area contributed by atoms with Crippen molar-refractivity contribution in [1.82, 2.24) is 0 Å². The monoisotopic (exact) mass is 326 g/mol. The molecular formula is C13H11ClN2O4S. The molecule has 0 saturated heterocycles. The fourth-order valence-corrected chi connectivity index (χ4v) is 2.57. The zero-order valence-corrected chi connectivity index (χ0v) is 12.5. The second kappa shape index (κ2) is 6.55. The number of benzene rings is 1. The summed E-state index contributed by atoms with van der Waals surface area (Å²) in [4.78, 5) is 21.6. The molecule has 0 fully saturated rings. The highest BCUT2D eigenvalue weighted by Crippen LogP contribution is 2.26. The van der Waals surface area contributed by atoms with Crippen molar-refractivity contribution in [2.24, 2.45) is 0 Å². The maximum Gasteiger partial charge on any atom is 0.337 e. The fourth-order valence-electron chi connectivity index (χ4n) is 1.65. The van der Waals surface area contributed by atoms with E-state index in [1.165, 1.54) is 13.2 Å². The number of carbonyl (C=O) groups is 1. The van der Waals surface area contributed by atoms with Gasteiger partial charge in [0.15, 0.2) is 0 Å². The van der Waals surface area contributed by atoms with Gasteiger partial charge in [0.05, 0.1) is 28.3 Å². The summed E-state index contributed by atoms with van der Waals surface area (Å²) in [5.41, 5.74) is 1.71. The summed E-state index contributed by atoms with van der Waals surface area (Å²) in [6.07, 6.45) is 0. The molecule has 0 aliphatic carbocycles. The number of carbonyl (C=O) groups excluding carboxylic acids is 1. The molecule has 0 radical (unpaired) electrons. The average Bonchev–Trinajstić information content (AvgIpc) is 2.94. The molecule has 1 heterocycles. The van der Waals surface area contributed by atoms with Crippen molar-refractivity contribution in [2.75, 3.05) is 12.4 Å². The predicted octanol–water partition coefficient (Wildman–Crippen LogP) is 3.71. The standard InChI is InChI=1S/C13H11ClN2O4S/c1-20-13(17)9-2-3-10(14)11(5-9)15-6-8-4-12(16(18)19)21-7-8/h2-5,7,15H,6H2,1H3. The second-order valence-electron chi connectivity index (χ2n) is 4.09. The Kier molecular flexibility index (Phi) is 4.77. The number of hydrogen-bond acceptors (Lipinski definition) is 6. The van der Waals surface area contributed by atoms with E-state index < -0.39 is 10.9 Å². The topological polar surface area (TPSA) is 81.5 Å². The third-order valence-electron chi connectivity index (χ3n) is 2.69. The van der Waals surface area contributed by atoms with E-state index in [1.54, 1.807) is 23.6 Å². The molecule has 0 bridgehead atoms. The highest BCUT2D eigenvalue weighted by atomic mass is 35.5. The van der Waals surface area contributed by atoms with Crippen LogP contribution in [0.5, 0.6) is 0 Å². The number of nitrogens with zero attached hydrogens (tertiary/aromatic N) is 1. The van der Waals surface area contributed by atoms with Crippen molar-refractivity contribution in [2.45, 2.75) is 6.54 Å². The minimum Gasteiger partial charge on any atom is -0.465 e. The maximum atomic E-state index is 11.5. The minimum atomic E-state index is -0.458. The number of nitro groups is 1. The Labute approximate surface area is 129 Å². The van der Waals surface area contributed by atoms with Crippen molar-refractivity contribution in [3.63, 3.8) is 0 Å². The zero-order valence-electron chi connectivity index (χ0n) is 11.0. The molecule has 21 heavy (non-hydrogen) atoms. The Bertz CT molecular complexity index is 687. The molecule has 0 unspecified atom stereocenters. The van der Waals surface area contributed by atoms with Crippen molar-refractivity contribution in [1.29, 1.82) is 0 Å². The summed E-state index contributed by atoms with van der Waals surface area (Å²) in [7, 11) is 1.30. The highest BCUT2D eigenvalue weighted by Gasteiger charge is 2.11. The van der Waals surface area contributed by atoms with E-state index in [1.807, 2.05) is 0 Å². The zero-order chi connectivity index (χ0) is 15.4. The van der Waals surface area contributed by atoms with Crippen LogP contribution in [0.1, 0.15) is 15.9 Å². The molecule has 0 aliphatic heterocycles. The van der Waals surface area contributed by atoms with E-state index in [4.69, 9.17) is 11.6 Å². The maximum absolute atomic E-state index is 11.5. The van der Waals surface area contributed by atoms with Gasteiger partial charge in [0.1, 0.15) is 0 Å². The lowest BCUT2D eigenvalue weighted by Crippen LogP contribution is -2.04. The Morgan fingerprint density at radius 3 is 2.86 bits per heavy atom. The van der Waals surface area contributed by atoms with Gasteiger partial charge < -0.3 is 10.1 Å². The van der Waals surface area contributed by atoms with Crippen LogP contribution in [-0.4, -0.2) is 18.0 Å². The number of methoxy groups -OCH3 is 1. The lowest BCUT2D eigenvalue weighted by molar-refractivity contribution is -0.380. The Morgan fingerprint density at radius 1 is 1.48 bits per heavy atom. The summed E-state index contributed by atoms with van der Waals surface area (Å²) in [6.45, 7) is 0.370. The summed E-state index contributed by atoms with van der Waals surface area (Å²) >= 11 is 7.11. The molecule has 1 N–H and O–H groups in total. The largest absolute Gasteiger partial charge is 0.465 e. The first-order chi connectivity index (χ1) is 10.0.